The number of nitro groups is 1. The summed E-state index contributed by atoms with van der Waals surface area (Å²) < 4.78 is 27.6. The molecular weight excluding hydrogens is 428 g/mol. The monoisotopic (exact) mass is 444 g/mol. The van der Waals surface area contributed by atoms with Gasteiger partial charge in [0, 0.05) is 31.8 Å². The van der Waals surface area contributed by atoms with Crippen LogP contribution in [0.3, 0.4) is 0 Å². The number of carbonyl (C=O) groups excluding carboxylic acids is 1. The molecule has 11 heteroatoms. The predicted octanol–water partition coefficient (Wildman–Crippen LogP) is 2.24. The van der Waals surface area contributed by atoms with Crippen molar-refractivity contribution in [2.24, 2.45) is 4.99 Å². The lowest BCUT2D eigenvalue weighted by atomic mass is 10.2. The molecule has 0 saturated heterocycles. The van der Waals surface area contributed by atoms with Crippen LogP contribution < -0.4 is 4.80 Å². The summed E-state index contributed by atoms with van der Waals surface area (Å²) >= 11 is 1.17. The molecule has 0 fully saturated rings. The Balaban J connectivity index is 2.06. The molecule has 0 bridgehead atoms. The molecule has 0 aliphatic carbocycles. The van der Waals surface area contributed by atoms with Gasteiger partial charge in [-0.05, 0) is 30.3 Å². The highest BCUT2D eigenvalue weighted by Crippen LogP contribution is 2.23. The van der Waals surface area contributed by atoms with E-state index in [4.69, 9.17) is 6.42 Å². The first kappa shape index (κ1) is 21.4. The lowest BCUT2D eigenvalue weighted by molar-refractivity contribution is -0.384. The average molecular weight is 444 g/mol. The summed E-state index contributed by atoms with van der Waals surface area (Å²) in [4.78, 5) is 27.6. The minimum absolute atomic E-state index is 0.0561. The second-order valence-corrected chi connectivity index (χ2v) is 9.47. The number of benzene rings is 2. The molecule has 9 nitrogen and oxygen atoms in total. The van der Waals surface area contributed by atoms with E-state index in [0.717, 1.165) is 4.31 Å². The van der Waals surface area contributed by atoms with Gasteiger partial charge in [-0.15, -0.1) is 6.42 Å². The fourth-order valence-electron chi connectivity index (χ4n) is 2.63. The number of terminal acetylenes is 1. The normalized spacial score (nSPS) is 12.3. The number of amides is 1. The quantitative estimate of drug-likeness (QED) is 0.340. The number of thiazole rings is 1. The van der Waals surface area contributed by atoms with Crippen molar-refractivity contribution in [2.45, 2.75) is 11.4 Å². The Morgan fingerprint density at radius 3 is 2.50 bits per heavy atom. The van der Waals surface area contributed by atoms with Crippen molar-refractivity contribution >= 4 is 43.2 Å². The Bertz CT molecular complexity index is 1360. The van der Waals surface area contributed by atoms with Gasteiger partial charge in [-0.2, -0.15) is 4.99 Å². The number of hydrogen-bond acceptors (Lipinski definition) is 6. The molecule has 30 heavy (non-hydrogen) atoms. The Morgan fingerprint density at radius 1 is 1.27 bits per heavy atom. The zero-order chi connectivity index (χ0) is 22.1. The minimum Gasteiger partial charge on any atom is -0.304 e. The van der Waals surface area contributed by atoms with Crippen LogP contribution in [0.5, 0.6) is 0 Å². The molecule has 0 aliphatic rings. The first-order valence-electron chi connectivity index (χ1n) is 8.48. The number of rotatable bonds is 5. The van der Waals surface area contributed by atoms with E-state index in [1.165, 1.54) is 61.8 Å². The van der Waals surface area contributed by atoms with E-state index in [1.807, 2.05) is 0 Å². The molecule has 0 atom stereocenters. The highest BCUT2D eigenvalue weighted by molar-refractivity contribution is 7.89. The average Bonchev–Trinajstić information content (AvgIpc) is 3.04. The van der Waals surface area contributed by atoms with Crippen LogP contribution in [-0.4, -0.2) is 42.2 Å². The van der Waals surface area contributed by atoms with E-state index in [0.29, 0.717) is 15.0 Å². The second-order valence-electron chi connectivity index (χ2n) is 6.31. The van der Waals surface area contributed by atoms with Gasteiger partial charge in [0.05, 0.1) is 26.6 Å². The third-order valence-corrected chi connectivity index (χ3v) is 7.09. The molecule has 1 heterocycles. The lowest BCUT2D eigenvalue weighted by Crippen LogP contribution is -2.22. The fraction of sp³-hybridized carbons (Fsp3) is 0.158. The van der Waals surface area contributed by atoms with E-state index >= 15 is 0 Å². The van der Waals surface area contributed by atoms with E-state index in [-0.39, 0.29) is 22.7 Å². The van der Waals surface area contributed by atoms with Crippen molar-refractivity contribution in [1.29, 1.82) is 0 Å². The summed E-state index contributed by atoms with van der Waals surface area (Å²) in [6.07, 6.45) is 5.41. The van der Waals surface area contributed by atoms with Gasteiger partial charge in [-0.3, -0.25) is 14.9 Å². The van der Waals surface area contributed by atoms with E-state index in [1.54, 1.807) is 10.6 Å². The zero-order valence-electron chi connectivity index (χ0n) is 16.0. The van der Waals surface area contributed by atoms with Gasteiger partial charge in [-0.1, -0.05) is 17.3 Å². The Hall–Kier alpha value is -3.33. The van der Waals surface area contributed by atoms with Gasteiger partial charge in [-0.25, -0.2) is 12.7 Å². The van der Waals surface area contributed by atoms with Gasteiger partial charge in [0.15, 0.2) is 4.80 Å². The number of nitro benzene ring substituents is 1. The standard InChI is InChI=1S/C19H16N4O5S2/c1-4-11-22-16-12-14(23(25)26)7-10-17(16)29-19(22)20-18(24)13-5-8-15(9-6-13)30(27,28)21(2)3/h1,5-10,12H,11H2,2-3H3. The van der Waals surface area contributed by atoms with Crippen LogP contribution in [0.1, 0.15) is 10.4 Å². The maximum Gasteiger partial charge on any atom is 0.279 e. The molecule has 1 amide bonds. The van der Waals surface area contributed by atoms with E-state index in [9.17, 15) is 23.3 Å². The Morgan fingerprint density at radius 2 is 1.93 bits per heavy atom. The van der Waals surface area contributed by atoms with Gasteiger partial charge < -0.3 is 4.57 Å². The van der Waals surface area contributed by atoms with Crippen LogP contribution in [0.25, 0.3) is 10.2 Å². The number of aromatic nitrogens is 1. The molecule has 0 radical (unpaired) electrons. The molecular formula is C19H16N4O5S2. The van der Waals surface area contributed by atoms with Crippen LogP contribution in [-0.2, 0) is 16.6 Å². The van der Waals surface area contributed by atoms with Crippen LogP contribution in [0, 0.1) is 22.5 Å². The summed E-state index contributed by atoms with van der Waals surface area (Å²) in [7, 11) is -0.776. The summed E-state index contributed by atoms with van der Waals surface area (Å²) in [6.45, 7) is 0.0767. The molecule has 3 aromatic rings. The maximum absolute atomic E-state index is 12.6. The van der Waals surface area contributed by atoms with Crippen molar-refractivity contribution in [1.82, 2.24) is 8.87 Å². The fourth-order valence-corrected chi connectivity index (χ4v) is 4.54. The van der Waals surface area contributed by atoms with Crippen molar-refractivity contribution in [3.05, 3.63) is 62.9 Å². The third kappa shape index (κ3) is 4.02. The minimum atomic E-state index is -3.61. The van der Waals surface area contributed by atoms with E-state index < -0.39 is 20.9 Å². The molecule has 1 aromatic heterocycles. The number of hydrogen-bond donors (Lipinski definition) is 0. The highest BCUT2D eigenvalue weighted by Gasteiger charge is 2.18. The molecule has 2 aromatic carbocycles. The van der Waals surface area contributed by atoms with Gasteiger partial charge in [0.2, 0.25) is 10.0 Å². The number of nitrogens with zero attached hydrogens (tertiary/aromatic N) is 4. The Labute approximate surface area is 176 Å². The van der Waals surface area contributed by atoms with Gasteiger partial charge >= 0.3 is 0 Å². The largest absolute Gasteiger partial charge is 0.304 e. The molecule has 3 rings (SSSR count). The van der Waals surface area contributed by atoms with E-state index in [2.05, 4.69) is 10.9 Å². The van der Waals surface area contributed by atoms with Crippen molar-refractivity contribution in [3.63, 3.8) is 0 Å². The summed E-state index contributed by atoms with van der Waals surface area (Å²) in [6, 6.07) is 9.76. The molecule has 0 N–H and O–H groups in total. The number of carbonyl (C=O) groups is 1. The Kier molecular flexibility index (Phi) is 5.84. The van der Waals surface area contributed by atoms with Gasteiger partial charge in [0.25, 0.3) is 11.6 Å². The number of sulfonamides is 1. The topological polar surface area (TPSA) is 115 Å². The smallest absolute Gasteiger partial charge is 0.279 e. The predicted molar refractivity (Wildman–Crippen MR) is 113 cm³/mol. The van der Waals surface area contributed by atoms with Crippen molar-refractivity contribution in [3.8, 4) is 12.3 Å². The molecule has 0 aliphatic heterocycles. The summed E-state index contributed by atoms with van der Waals surface area (Å²) in [5.74, 6) is 1.87. The van der Waals surface area contributed by atoms with Gasteiger partial charge in [0.1, 0.15) is 0 Å². The van der Waals surface area contributed by atoms with Crippen LogP contribution in [0.15, 0.2) is 52.4 Å². The highest BCUT2D eigenvalue weighted by atomic mass is 32.2. The molecule has 0 saturated carbocycles. The first-order valence-corrected chi connectivity index (χ1v) is 10.7. The number of fused-ring (bicyclic) bond motifs is 1. The summed E-state index contributed by atoms with van der Waals surface area (Å²) in [5, 5.41) is 11.1. The lowest BCUT2D eigenvalue weighted by Gasteiger charge is -2.11. The number of non-ortho nitro benzene ring substituents is 1. The van der Waals surface area contributed by atoms with Crippen LogP contribution in [0.2, 0.25) is 0 Å². The molecule has 0 spiro atoms. The molecule has 154 valence electrons. The van der Waals surface area contributed by atoms with Crippen molar-refractivity contribution in [2.75, 3.05) is 14.1 Å². The van der Waals surface area contributed by atoms with Crippen LogP contribution >= 0.6 is 11.3 Å². The molecule has 0 unspecified atom stereocenters. The zero-order valence-corrected chi connectivity index (χ0v) is 17.6. The van der Waals surface area contributed by atoms with Crippen LogP contribution in [0.4, 0.5) is 5.69 Å². The first-order chi connectivity index (χ1) is 14.1. The summed E-state index contributed by atoms with van der Waals surface area (Å²) in [5.41, 5.74) is 0.608. The maximum atomic E-state index is 12.6. The third-order valence-electron chi connectivity index (χ3n) is 4.20. The van der Waals surface area contributed by atoms with Crippen molar-refractivity contribution < 1.29 is 18.1 Å². The SMILES string of the molecule is C#CCn1c(=NC(=O)c2ccc(S(=O)(=O)N(C)C)cc2)sc2ccc([N+](=O)[O-])cc21. The second kappa shape index (κ2) is 8.19.